The van der Waals surface area contributed by atoms with Crippen LogP contribution in [0.15, 0.2) is 66.7 Å². The molecule has 0 unspecified atom stereocenters. The zero-order valence-electron chi connectivity index (χ0n) is 15.7. The Hall–Kier alpha value is -4.00. The number of nitro groups is 1. The lowest BCUT2D eigenvalue weighted by Crippen LogP contribution is -2.14. The van der Waals surface area contributed by atoms with E-state index in [4.69, 9.17) is 0 Å². The molecule has 0 radical (unpaired) electrons. The Bertz CT molecular complexity index is 1220. The second kappa shape index (κ2) is 7.55. The van der Waals surface area contributed by atoms with Gasteiger partial charge in [-0.05, 0) is 41.8 Å². The molecule has 0 bridgehead atoms. The highest BCUT2D eigenvalue weighted by Crippen LogP contribution is 2.35. The van der Waals surface area contributed by atoms with E-state index < -0.39 is 4.92 Å². The minimum Gasteiger partial charge on any atom is -0.308 e. The predicted octanol–water partition coefficient (Wildman–Crippen LogP) is 4.63. The summed E-state index contributed by atoms with van der Waals surface area (Å²) in [6.07, 6.45) is 0.234. The average molecular weight is 386 g/mol. The van der Waals surface area contributed by atoms with E-state index in [0.717, 1.165) is 22.2 Å². The molecule has 4 aromatic rings. The Kier molecular flexibility index (Phi) is 4.78. The number of hydrogen-bond acceptors (Lipinski definition) is 4. The Labute approximate surface area is 166 Å². The third-order valence-electron chi connectivity index (χ3n) is 4.76. The fourth-order valence-corrected chi connectivity index (χ4v) is 3.38. The molecule has 0 atom stereocenters. The van der Waals surface area contributed by atoms with Crippen molar-refractivity contribution in [3.63, 3.8) is 0 Å². The third kappa shape index (κ3) is 3.70. The van der Waals surface area contributed by atoms with E-state index in [2.05, 4.69) is 15.5 Å². The molecule has 0 aliphatic rings. The molecule has 0 saturated carbocycles. The molecular formula is C22H18N4O3. The van der Waals surface area contributed by atoms with E-state index in [0.29, 0.717) is 16.8 Å². The fourth-order valence-electron chi connectivity index (χ4n) is 3.38. The number of carbonyl (C=O) groups is 1. The van der Waals surface area contributed by atoms with Crippen LogP contribution >= 0.6 is 0 Å². The number of aromatic nitrogens is 2. The molecule has 29 heavy (non-hydrogen) atoms. The molecule has 4 rings (SSSR count). The highest BCUT2D eigenvalue weighted by molar-refractivity contribution is 6.02. The average Bonchev–Trinajstić information content (AvgIpc) is 3.09. The normalized spacial score (nSPS) is 10.8. The summed E-state index contributed by atoms with van der Waals surface area (Å²) >= 11 is 0. The van der Waals surface area contributed by atoms with Gasteiger partial charge in [0.2, 0.25) is 5.91 Å². The third-order valence-corrected chi connectivity index (χ3v) is 4.76. The van der Waals surface area contributed by atoms with Gasteiger partial charge in [0.25, 0.3) is 5.69 Å². The van der Waals surface area contributed by atoms with E-state index >= 15 is 0 Å². The quantitative estimate of drug-likeness (QED) is 0.386. The van der Waals surface area contributed by atoms with Crippen molar-refractivity contribution in [1.82, 2.24) is 10.2 Å². The van der Waals surface area contributed by atoms with Crippen molar-refractivity contribution in [2.45, 2.75) is 13.3 Å². The van der Waals surface area contributed by atoms with Crippen molar-refractivity contribution >= 4 is 28.3 Å². The molecule has 7 heteroatoms. The topological polar surface area (TPSA) is 101 Å². The van der Waals surface area contributed by atoms with Crippen molar-refractivity contribution in [2.24, 2.45) is 0 Å². The van der Waals surface area contributed by atoms with Gasteiger partial charge in [-0.1, -0.05) is 42.5 Å². The smallest absolute Gasteiger partial charge is 0.277 e. The maximum Gasteiger partial charge on any atom is 0.277 e. The highest BCUT2D eigenvalue weighted by atomic mass is 16.6. The number of benzene rings is 3. The Balaban J connectivity index is 1.70. The number of para-hydroxylation sites is 1. The van der Waals surface area contributed by atoms with Crippen LogP contribution in [-0.2, 0) is 11.2 Å². The Morgan fingerprint density at radius 2 is 1.79 bits per heavy atom. The first-order valence-electron chi connectivity index (χ1n) is 9.09. The number of rotatable bonds is 5. The van der Waals surface area contributed by atoms with Gasteiger partial charge in [0.05, 0.1) is 22.4 Å². The van der Waals surface area contributed by atoms with Crippen LogP contribution in [0.25, 0.3) is 22.0 Å². The lowest BCUT2D eigenvalue weighted by Gasteiger charge is -2.08. The zero-order valence-corrected chi connectivity index (χ0v) is 15.7. The molecule has 0 aliphatic carbocycles. The number of aromatic amines is 1. The van der Waals surface area contributed by atoms with Crippen LogP contribution in [0.4, 0.5) is 11.5 Å². The largest absolute Gasteiger partial charge is 0.308 e. The number of aryl methyl sites for hydroxylation is 1. The van der Waals surface area contributed by atoms with Gasteiger partial charge in [-0.15, -0.1) is 0 Å². The van der Waals surface area contributed by atoms with Crippen LogP contribution < -0.4 is 5.32 Å². The maximum atomic E-state index is 12.4. The summed E-state index contributed by atoms with van der Waals surface area (Å²) in [5, 5.41) is 22.1. The zero-order chi connectivity index (χ0) is 20.4. The molecule has 0 aliphatic heterocycles. The summed E-state index contributed by atoms with van der Waals surface area (Å²) in [7, 11) is 0. The summed E-state index contributed by atoms with van der Waals surface area (Å²) in [4.78, 5) is 23.5. The molecule has 7 nitrogen and oxygen atoms in total. The van der Waals surface area contributed by atoms with E-state index in [9.17, 15) is 14.9 Å². The number of nitro benzene ring substituents is 1. The minimum atomic E-state index is -0.392. The first-order valence-corrected chi connectivity index (χ1v) is 9.09. The molecular weight excluding hydrogens is 368 g/mol. The molecule has 1 amide bonds. The van der Waals surface area contributed by atoms with Crippen molar-refractivity contribution in [3.8, 4) is 11.1 Å². The van der Waals surface area contributed by atoms with Crippen molar-refractivity contribution < 1.29 is 9.72 Å². The number of nitrogens with zero attached hydrogens (tertiary/aromatic N) is 2. The number of fused-ring (bicyclic) bond motifs is 1. The number of nitrogens with one attached hydrogen (secondary N) is 2. The van der Waals surface area contributed by atoms with Gasteiger partial charge in [0, 0.05) is 11.5 Å². The monoisotopic (exact) mass is 386 g/mol. The van der Waals surface area contributed by atoms with Gasteiger partial charge in [-0.25, -0.2) is 0 Å². The summed E-state index contributed by atoms with van der Waals surface area (Å²) in [6, 6.07) is 19.8. The summed E-state index contributed by atoms with van der Waals surface area (Å²) < 4.78 is 0. The number of H-pyrrole nitrogens is 1. The molecule has 0 fully saturated rings. The summed E-state index contributed by atoms with van der Waals surface area (Å²) in [5.74, 6) is 0.221. The second-order valence-corrected chi connectivity index (χ2v) is 6.77. The first kappa shape index (κ1) is 18.4. The van der Waals surface area contributed by atoms with Crippen molar-refractivity contribution in [1.29, 1.82) is 0 Å². The first-order chi connectivity index (χ1) is 14.0. The van der Waals surface area contributed by atoms with Gasteiger partial charge in [0.1, 0.15) is 0 Å². The number of amides is 1. The van der Waals surface area contributed by atoms with Crippen LogP contribution in [0.3, 0.4) is 0 Å². The summed E-state index contributed by atoms with van der Waals surface area (Å²) in [5.41, 5.74) is 3.82. The van der Waals surface area contributed by atoms with Gasteiger partial charge in [-0.2, -0.15) is 5.10 Å². The molecule has 1 heterocycles. The Morgan fingerprint density at radius 3 is 2.55 bits per heavy atom. The predicted molar refractivity (Wildman–Crippen MR) is 112 cm³/mol. The molecule has 2 N–H and O–H groups in total. The van der Waals surface area contributed by atoms with Crippen LogP contribution in [0.5, 0.6) is 0 Å². The summed E-state index contributed by atoms with van der Waals surface area (Å²) in [6.45, 7) is 1.89. The van der Waals surface area contributed by atoms with Crippen LogP contribution in [-0.4, -0.2) is 21.0 Å². The van der Waals surface area contributed by atoms with Crippen LogP contribution in [0, 0.1) is 17.0 Å². The number of hydrogen-bond donors (Lipinski definition) is 2. The highest BCUT2D eigenvalue weighted by Gasteiger charge is 2.18. The van der Waals surface area contributed by atoms with Gasteiger partial charge >= 0.3 is 0 Å². The van der Waals surface area contributed by atoms with E-state index in [-0.39, 0.29) is 18.0 Å². The van der Waals surface area contributed by atoms with Gasteiger partial charge in [0.15, 0.2) is 5.82 Å². The minimum absolute atomic E-state index is 0.0353. The molecule has 1 aromatic heterocycles. The fraction of sp³-hybridized carbons (Fsp3) is 0.0909. The van der Waals surface area contributed by atoms with Gasteiger partial charge < -0.3 is 5.32 Å². The van der Waals surface area contributed by atoms with Gasteiger partial charge in [-0.3, -0.25) is 20.0 Å². The van der Waals surface area contributed by atoms with Crippen molar-refractivity contribution in [2.75, 3.05) is 5.32 Å². The van der Waals surface area contributed by atoms with E-state index in [1.807, 2.05) is 49.4 Å². The number of anilines is 1. The molecule has 144 valence electrons. The maximum absolute atomic E-state index is 12.4. The lowest BCUT2D eigenvalue weighted by atomic mass is 9.97. The van der Waals surface area contributed by atoms with E-state index in [1.54, 1.807) is 18.2 Å². The van der Waals surface area contributed by atoms with Crippen LogP contribution in [0.2, 0.25) is 0 Å². The second-order valence-electron chi connectivity index (χ2n) is 6.77. The van der Waals surface area contributed by atoms with Crippen molar-refractivity contribution in [3.05, 3.63) is 88.0 Å². The SMILES string of the molecule is Cc1cc2[nH]nc(NC(=O)Cc3ccccc3)c2cc1-c1ccccc1[N+](=O)[O-]. The molecule has 3 aromatic carbocycles. The lowest BCUT2D eigenvalue weighted by molar-refractivity contribution is -0.384. The van der Waals surface area contributed by atoms with Crippen LogP contribution in [0.1, 0.15) is 11.1 Å². The molecule has 0 spiro atoms. The standard InChI is InChI=1S/C22H18N4O3/c1-14-11-19-18(13-17(14)16-9-5-6-10-20(16)26(28)29)22(25-24-19)23-21(27)12-15-7-3-2-4-8-15/h2-11,13H,12H2,1H3,(H2,23,24,25,27). The van der Waals surface area contributed by atoms with E-state index in [1.165, 1.54) is 6.07 Å². The number of carbonyl (C=O) groups excluding carboxylic acids is 1. The molecule has 0 saturated heterocycles. The Morgan fingerprint density at radius 1 is 1.07 bits per heavy atom.